The molecule has 0 amide bonds. The van der Waals surface area contributed by atoms with Gasteiger partial charge in [-0.15, -0.1) is 0 Å². The zero-order valence-electron chi connectivity index (χ0n) is 11.7. The maximum absolute atomic E-state index is 3.57. The van der Waals surface area contributed by atoms with E-state index in [4.69, 9.17) is 0 Å². The lowest BCUT2D eigenvalue weighted by Crippen LogP contribution is -2.07. The van der Waals surface area contributed by atoms with Crippen molar-refractivity contribution < 1.29 is 0 Å². The summed E-state index contributed by atoms with van der Waals surface area (Å²) in [5.41, 5.74) is 3.91. The summed E-state index contributed by atoms with van der Waals surface area (Å²) in [6.07, 6.45) is 0. The molecule has 1 nitrogen and oxygen atoms in total. The molecule has 19 heavy (non-hydrogen) atoms. The van der Waals surface area contributed by atoms with Crippen molar-refractivity contribution in [2.45, 2.75) is 32.7 Å². The SMILES string of the molecule is CC(C)c1ccc(C(C)Nc2ccccc2I)cc1. The Labute approximate surface area is 129 Å². The van der Waals surface area contributed by atoms with Crippen molar-refractivity contribution in [3.05, 3.63) is 63.2 Å². The van der Waals surface area contributed by atoms with Crippen LogP contribution in [0.15, 0.2) is 48.5 Å². The number of halogens is 1. The first kappa shape index (κ1) is 14.4. The summed E-state index contributed by atoms with van der Waals surface area (Å²) in [6.45, 7) is 6.65. The molecule has 0 radical (unpaired) electrons. The molecule has 100 valence electrons. The molecule has 2 rings (SSSR count). The Balaban J connectivity index is 2.12. The topological polar surface area (TPSA) is 12.0 Å². The van der Waals surface area contributed by atoms with E-state index in [2.05, 4.69) is 97.2 Å². The van der Waals surface area contributed by atoms with Gasteiger partial charge in [0.15, 0.2) is 0 Å². The highest BCUT2D eigenvalue weighted by Gasteiger charge is 2.07. The minimum absolute atomic E-state index is 0.317. The summed E-state index contributed by atoms with van der Waals surface area (Å²) >= 11 is 2.36. The molecule has 1 N–H and O–H groups in total. The smallest absolute Gasteiger partial charge is 0.0486 e. The highest BCUT2D eigenvalue weighted by Crippen LogP contribution is 2.24. The number of anilines is 1. The van der Waals surface area contributed by atoms with Crippen molar-refractivity contribution in [1.82, 2.24) is 0 Å². The van der Waals surface area contributed by atoms with Crippen LogP contribution in [0.25, 0.3) is 0 Å². The fourth-order valence-corrected chi connectivity index (χ4v) is 2.61. The number of hydrogen-bond acceptors (Lipinski definition) is 1. The molecule has 1 atom stereocenters. The van der Waals surface area contributed by atoms with Crippen LogP contribution in [0.5, 0.6) is 0 Å². The second-order valence-electron chi connectivity index (χ2n) is 5.17. The molecular weight excluding hydrogens is 345 g/mol. The van der Waals surface area contributed by atoms with E-state index in [-0.39, 0.29) is 0 Å². The molecule has 2 aromatic carbocycles. The maximum atomic E-state index is 3.57. The van der Waals surface area contributed by atoms with Crippen LogP contribution in [0.2, 0.25) is 0 Å². The molecule has 0 saturated heterocycles. The molecular formula is C17H20IN. The molecule has 0 fully saturated rings. The highest BCUT2D eigenvalue weighted by atomic mass is 127. The summed E-state index contributed by atoms with van der Waals surface area (Å²) in [4.78, 5) is 0. The normalized spacial score (nSPS) is 12.5. The van der Waals surface area contributed by atoms with Crippen molar-refractivity contribution in [2.24, 2.45) is 0 Å². The van der Waals surface area contributed by atoms with Crippen LogP contribution < -0.4 is 5.32 Å². The minimum Gasteiger partial charge on any atom is -0.378 e. The van der Waals surface area contributed by atoms with E-state index in [1.165, 1.54) is 20.4 Å². The van der Waals surface area contributed by atoms with Gasteiger partial charge in [0.1, 0.15) is 0 Å². The summed E-state index contributed by atoms with van der Waals surface area (Å²) in [5.74, 6) is 0.590. The second-order valence-corrected chi connectivity index (χ2v) is 6.33. The van der Waals surface area contributed by atoms with Gasteiger partial charge in [0.2, 0.25) is 0 Å². The Kier molecular flexibility index (Phi) is 4.86. The van der Waals surface area contributed by atoms with Gasteiger partial charge in [-0.3, -0.25) is 0 Å². The molecule has 2 aromatic rings. The average molecular weight is 365 g/mol. The van der Waals surface area contributed by atoms with Crippen LogP contribution in [0.3, 0.4) is 0 Å². The quantitative estimate of drug-likeness (QED) is 0.697. The van der Waals surface area contributed by atoms with Crippen molar-refractivity contribution in [3.63, 3.8) is 0 Å². The lowest BCUT2D eigenvalue weighted by Gasteiger charge is -2.17. The van der Waals surface area contributed by atoms with Crippen molar-refractivity contribution in [3.8, 4) is 0 Å². The lowest BCUT2D eigenvalue weighted by atomic mass is 9.99. The fourth-order valence-electron chi connectivity index (χ4n) is 2.06. The van der Waals surface area contributed by atoms with Gasteiger partial charge in [0, 0.05) is 15.3 Å². The maximum Gasteiger partial charge on any atom is 0.0486 e. The van der Waals surface area contributed by atoms with E-state index in [0.29, 0.717) is 12.0 Å². The van der Waals surface area contributed by atoms with Crippen LogP contribution >= 0.6 is 22.6 Å². The minimum atomic E-state index is 0.317. The first-order chi connectivity index (χ1) is 9.08. The van der Waals surface area contributed by atoms with Gasteiger partial charge in [-0.05, 0) is 58.7 Å². The number of rotatable bonds is 4. The van der Waals surface area contributed by atoms with Crippen molar-refractivity contribution in [1.29, 1.82) is 0 Å². The first-order valence-corrected chi connectivity index (χ1v) is 7.76. The van der Waals surface area contributed by atoms with E-state index in [1.54, 1.807) is 0 Å². The summed E-state index contributed by atoms with van der Waals surface area (Å²) < 4.78 is 1.26. The molecule has 2 heteroatoms. The molecule has 0 aliphatic carbocycles. The molecule has 0 spiro atoms. The monoisotopic (exact) mass is 365 g/mol. The summed E-state index contributed by atoms with van der Waals surface area (Å²) in [6, 6.07) is 17.6. The van der Waals surface area contributed by atoms with Crippen LogP contribution in [-0.2, 0) is 0 Å². The van der Waals surface area contributed by atoms with Gasteiger partial charge < -0.3 is 5.32 Å². The number of para-hydroxylation sites is 1. The summed E-state index contributed by atoms with van der Waals surface area (Å²) in [7, 11) is 0. The largest absolute Gasteiger partial charge is 0.378 e. The van der Waals surface area contributed by atoms with Gasteiger partial charge >= 0.3 is 0 Å². The highest BCUT2D eigenvalue weighted by molar-refractivity contribution is 14.1. The Hall–Kier alpha value is -1.03. The average Bonchev–Trinajstić information content (AvgIpc) is 2.41. The third-order valence-corrected chi connectivity index (χ3v) is 4.29. The Morgan fingerprint density at radius 2 is 1.42 bits per heavy atom. The van der Waals surface area contributed by atoms with Gasteiger partial charge in [-0.1, -0.05) is 50.2 Å². The third-order valence-electron chi connectivity index (χ3n) is 3.35. The van der Waals surface area contributed by atoms with Gasteiger partial charge in [-0.25, -0.2) is 0 Å². The molecule has 0 heterocycles. The van der Waals surface area contributed by atoms with Gasteiger partial charge in [0.25, 0.3) is 0 Å². The van der Waals surface area contributed by atoms with E-state index in [0.717, 1.165) is 0 Å². The predicted octanol–water partition coefficient (Wildman–Crippen LogP) is 5.59. The first-order valence-electron chi connectivity index (χ1n) is 6.69. The van der Waals surface area contributed by atoms with E-state index >= 15 is 0 Å². The Morgan fingerprint density at radius 3 is 2.00 bits per heavy atom. The van der Waals surface area contributed by atoms with Gasteiger partial charge in [0.05, 0.1) is 0 Å². The number of hydrogen-bond donors (Lipinski definition) is 1. The van der Waals surface area contributed by atoms with Crippen molar-refractivity contribution >= 4 is 28.3 Å². The standard InChI is InChI=1S/C17H20IN/c1-12(2)14-8-10-15(11-9-14)13(3)19-17-7-5-4-6-16(17)18/h4-13,19H,1-3H3. The zero-order valence-corrected chi connectivity index (χ0v) is 13.8. The van der Waals surface area contributed by atoms with E-state index in [1.807, 2.05) is 0 Å². The van der Waals surface area contributed by atoms with Crippen LogP contribution in [0, 0.1) is 3.57 Å². The molecule has 1 unspecified atom stereocenters. The van der Waals surface area contributed by atoms with E-state index in [9.17, 15) is 0 Å². The molecule has 0 aliphatic rings. The van der Waals surface area contributed by atoms with E-state index < -0.39 is 0 Å². The molecule has 0 aliphatic heterocycles. The number of nitrogens with one attached hydrogen (secondary N) is 1. The Morgan fingerprint density at radius 1 is 0.842 bits per heavy atom. The van der Waals surface area contributed by atoms with Crippen molar-refractivity contribution in [2.75, 3.05) is 5.32 Å². The lowest BCUT2D eigenvalue weighted by molar-refractivity contribution is 0.851. The molecule has 0 bridgehead atoms. The molecule has 0 saturated carbocycles. The van der Waals surface area contributed by atoms with Crippen LogP contribution in [-0.4, -0.2) is 0 Å². The Bertz CT molecular complexity index is 531. The van der Waals surface area contributed by atoms with Crippen LogP contribution in [0.4, 0.5) is 5.69 Å². The van der Waals surface area contributed by atoms with Crippen LogP contribution in [0.1, 0.15) is 43.9 Å². The second kappa shape index (κ2) is 6.42. The molecule has 0 aromatic heterocycles. The zero-order chi connectivity index (χ0) is 13.8. The van der Waals surface area contributed by atoms with Gasteiger partial charge in [-0.2, -0.15) is 0 Å². The third kappa shape index (κ3) is 3.72. The fraction of sp³-hybridized carbons (Fsp3) is 0.294. The summed E-state index contributed by atoms with van der Waals surface area (Å²) in [5, 5.41) is 3.57. The predicted molar refractivity (Wildman–Crippen MR) is 91.7 cm³/mol. The number of benzene rings is 2.